The fourth-order valence-corrected chi connectivity index (χ4v) is 5.22. The number of hydrogen-bond acceptors (Lipinski definition) is 6. The van der Waals surface area contributed by atoms with Gasteiger partial charge in [-0.15, -0.1) is 0 Å². The maximum absolute atomic E-state index is 13.0. The average Bonchev–Trinajstić information content (AvgIpc) is 3.33. The Balaban J connectivity index is 1.72. The highest BCUT2D eigenvalue weighted by Crippen LogP contribution is 2.30. The molecular formula is C23H27NO6S. The molecule has 166 valence electrons. The van der Waals surface area contributed by atoms with Gasteiger partial charge in [0.05, 0.1) is 12.7 Å². The minimum absolute atomic E-state index is 0.0460. The molecule has 3 rings (SSSR count). The quantitative estimate of drug-likeness (QED) is 0.434. The lowest BCUT2D eigenvalue weighted by Crippen LogP contribution is -2.28. The Kier molecular flexibility index (Phi) is 7.46. The number of ketones is 1. The molecule has 0 amide bonds. The summed E-state index contributed by atoms with van der Waals surface area (Å²) in [5, 5.41) is 0. The van der Waals surface area contributed by atoms with Crippen LogP contribution in [0.15, 0.2) is 47.4 Å². The summed E-state index contributed by atoms with van der Waals surface area (Å²) in [6.07, 6.45) is 3.54. The molecule has 0 N–H and O–H groups in total. The number of carbonyl (C=O) groups excluding carboxylic acids is 2. The van der Waals surface area contributed by atoms with Crippen molar-refractivity contribution in [1.82, 2.24) is 4.31 Å². The second-order valence-electron chi connectivity index (χ2n) is 7.42. The molecule has 0 unspecified atom stereocenters. The Labute approximate surface area is 183 Å². The molecular weight excluding hydrogens is 418 g/mol. The molecule has 8 heteroatoms. The van der Waals surface area contributed by atoms with Gasteiger partial charge >= 0.3 is 5.97 Å². The summed E-state index contributed by atoms with van der Waals surface area (Å²) in [4.78, 5) is 24.8. The first-order valence-electron chi connectivity index (χ1n) is 10.3. The third-order valence-electron chi connectivity index (χ3n) is 5.23. The highest BCUT2D eigenvalue weighted by molar-refractivity contribution is 7.89. The van der Waals surface area contributed by atoms with Crippen molar-refractivity contribution in [3.8, 4) is 5.75 Å². The molecule has 0 aromatic heterocycles. The molecule has 0 atom stereocenters. The van der Waals surface area contributed by atoms with E-state index in [1.54, 1.807) is 12.1 Å². The maximum atomic E-state index is 13.0. The summed E-state index contributed by atoms with van der Waals surface area (Å²) in [5.74, 6) is -0.932. The number of aryl methyl sites for hydroxylation is 1. The molecule has 1 saturated heterocycles. The van der Waals surface area contributed by atoms with Crippen molar-refractivity contribution in [3.63, 3.8) is 0 Å². The van der Waals surface area contributed by atoms with Crippen LogP contribution in [-0.2, 0) is 21.2 Å². The van der Waals surface area contributed by atoms with E-state index in [1.807, 2.05) is 12.1 Å². The van der Waals surface area contributed by atoms with Crippen molar-refractivity contribution in [2.45, 2.75) is 37.5 Å². The number of Topliss-reactive ketones (excluding diaryl/α,β-unsaturated/α-hetero) is 1. The molecule has 0 saturated carbocycles. The van der Waals surface area contributed by atoms with Crippen molar-refractivity contribution in [2.24, 2.45) is 0 Å². The normalized spacial score (nSPS) is 14.4. The fourth-order valence-electron chi connectivity index (χ4n) is 3.52. The number of rotatable bonds is 9. The predicted molar refractivity (Wildman–Crippen MR) is 116 cm³/mol. The largest absolute Gasteiger partial charge is 0.495 e. The zero-order valence-electron chi connectivity index (χ0n) is 17.8. The first-order chi connectivity index (χ1) is 14.9. The second-order valence-corrected chi connectivity index (χ2v) is 9.33. The monoisotopic (exact) mass is 445 g/mol. The van der Waals surface area contributed by atoms with Crippen LogP contribution < -0.4 is 4.74 Å². The summed E-state index contributed by atoms with van der Waals surface area (Å²) in [6, 6.07) is 11.3. The number of hydrogen-bond donors (Lipinski definition) is 0. The van der Waals surface area contributed by atoms with Gasteiger partial charge in [0.2, 0.25) is 10.0 Å². The van der Waals surface area contributed by atoms with Crippen LogP contribution in [0.1, 0.15) is 52.5 Å². The van der Waals surface area contributed by atoms with E-state index in [0.717, 1.165) is 31.2 Å². The van der Waals surface area contributed by atoms with Crippen LogP contribution in [0.2, 0.25) is 0 Å². The smallest absolute Gasteiger partial charge is 0.338 e. The van der Waals surface area contributed by atoms with Crippen LogP contribution in [0, 0.1) is 0 Å². The van der Waals surface area contributed by atoms with E-state index in [4.69, 9.17) is 9.47 Å². The zero-order valence-corrected chi connectivity index (χ0v) is 18.6. The number of methoxy groups -OCH3 is 1. The first-order valence-corrected chi connectivity index (χ1v) is 11.8. The topological polar surface area (TPSA) is 90.0 Å². The van der Waals surface area contributed by atoms with E-state index in [-0.39, 0.29) is 22.0 Å². The van der Waals surface area contributed by atoms with Gasteiger partial charge < -0.3 is 9.47 Å². The van der Waals surface area contributed by atoms with Crippen molar-refractivity contribution < 1.29 is 27.5 Å². The van der Waals surface area contributed by atoms with E-state index in [1.165, 1.54) is 29.6 Å². The van der Waals surface area contributed by atoms with Crippen LogP contribution in [0.4, 0.5) is 0 Å². The molecule has 0 bridgehead atoms. The Morgan fingerprint density at radius 2 is 1.65 bits per heavy atom. The lowest BCUT2D eigenvalue weighted by atomic mass is 10.1. The number of sulfonamides is 1. The van der Waals surface area contributed by atoms with Gasteiger partial charge in [-0.1, -0.05) is 37.6 Å². The van der Waals surface area contributed by atoms with E-state index < -0.39 is 22.6 Å². The molecule has 1 aliphatic heterocycles. The zero-order chi connectivity index (χ0) is 22.4. The number of carbonyl (C=O) groups is 2. The van der Waals surface area contributed by atoms with Gasteiger partial charge in [0.25, 0.3) is 0 Å². The number of nitrogens with zero attached hydrogens (tertiary/aromatic N) is 1. The van der Waals surface area contributed by atoms with Crippen LogP contribution in [0.5, 0.6) is 5.75 Å². The van der Waals surface area contributed by atoms with E-state index in [2.05, 4.69) is 6.92 Å². The van der Waals surface area contributed by atoms with Crippen LogP contribution >= 0.6 is 0 Å². The van der Waals surface area contributed by atoms with E-state index >= 15 is 0 Å². The van der Waals surface area contributed by atoms with Gasteiger partial charge in [0, 0.05) is 18.7 Å². The Morgan fingerprint density at radius 3 is 2.26 bits per heavy atom. The minimum atomic E-state index is -3.79. The Hall–Kier alpha value is -2.71. The van der Waals surface area contributed by atoms with Gasteiger partial charge in [-0.3, -0.25) is 4.79 Å². The molecule has 2 aromatic carbocycles. The van der Waals surface area contributed by atoms with Crippen LogP contribution in [-0.4, -0.2) is 51.3 Å². The fraction of sp³-hybridized carbons (Fsp3) is 0.391. The lowest BCUT2D eigenvalue weighted by Gasteiger charge is -2.18. The van der Waals surface area contributed by atoms with Crippen molar-refractivity contribution in [1.29, 1.82) is 0 Å². The SMILES string of the molecule is CCCc1ccc(C(=O)COC(=O)c2ccc(OC)c(S(=O)(=O)N3CCCC3)c2)cc1. The molecule has 1 heterocycles. The summed E-state index contributed by atoms with van der Waals surface area (Å²) in [7, 11) is -2.41. The van der Waals surface area contributed by atoms with Gasteiger partial charge in [0.1, 0.15) is 10.6 Å². The summed E-state index contributed by atoms with van der Waals surface area (Å²) in [5.41, 5.74) is 1.64. The average molecular weight is 446 g/mol. The molecule has 7 nitrogen and oxygen atoms in total. The van der Waals surface area contributed by atoms with Crippen LogP contribution in [0.3, 0.4) is 0 Å². The van der Waals surface area contributed by atoms with Crippen molar-refractivity contribution >= 4 is 21.8 Å². The molecule has 1 aliphatic rings. The lowest BCUT2D eigenvalue weighted by molar-refractivity contribution is 0.0474. The molecule has 0 radical (unpaired) electrons. The first kappa shape index (κ1) is 23.0. The molecule has 31 heavy (non-hydrogen) atoms. The molecule has 0 spiro atoms. The third kappa shape index (κ3) is 5.32. The molecule has 0 aliphatic carbocycles. The summed E-state index contributed by atoms with van der Waals surface area (Å²) < 4.78 is 37.6. The van der Waals surface area contributed by atoms with Crippen LogP contribution in [0.25, 0.3) is 0 Å². The number of benzene rings is 2. The summed E-state index contributed by atoms with van der Waals surface area (Å²) in [6.45, 7) is 2.53. The third-order valence-corrected chi connectivity index (χ3v) is 7.15. The van der Waals surface area contributed by atoms with Crippen molar-refractivity contribution in [3.05, 3.63) is 59.2 Å². The van der Waals surface area contributed by atoms with Gasteiger partial charge in [-0.2, -0.15) is 4.31 Å². The van der Waals surface area contributed by atoms with Crippen molar-refractivity contribution in [2.75, 3.05) is 26.8 Å². The predicted octanol–water partition coefficient (Wildman–Crippen LogP) is 3.47. The minimum Gasteiger partial charge on any atom is -0.495 e. The Morgan fingerprint density at radius 1 is 1.00 bits per heavy atom. The Bertz CT molecular complexity index is 1040. The van der Waals surface area contributed by atoms with Gasteiger partial charge in [-0.25, -0.2) is 13.2 Å². The highest BCUT2D eigenvalue weighted by Gasteiger charge is 2.31. The molecule has 1 fully saturated rings. The van der Waals surface area contributed by atoms with E-state index in [0.29, 0.717) is 18.7 Å². The number of ether oxygens (including phenoxy) is 2. The highest BCUT2D eigenvalue weighted by atomic mass is 32.2. The molecule has 2 aromatic rings. The second kappa shape index (κ2) is 10.1. The number of esters is 1. The van der Waals surface area contributed by atoms with E-state index in [9.17, 15) is 18.0 Å². The van der Waals surface area contributed by atoms with Gasteiger partial charge in [0.15, 0.2) is 12.4 Å². The van der Waals surface area contributed by atoms with Gasteiger partial charge in [-0.05, 0) is 43.0 Å². The maximum Gasteiger partial charge on any atom is 0.338 e. The standard InChI is InChI=1S/C23H27NO6S/c1-3-6-17-7-9-18(10-8-17)20(25)16-30-23(26)19-11-12-21(29-2)22(15-19)31(27,28)24-13-4-5-14-24/h7-12,15H,3-6,13-14,16H2,1-2H3. The summed E-state index contributed by atoms with van der Waals surface area (Å²) >= 11 is 0.